The van der Waals surface area contributed by atoms with Crippen molar-refractivity contribution in [2.45, 2.75) is 71.3 Å². The van der Waals surface area contributed by atoms with Crippen LogP contribution in [0.1, 0.15) is 73.1 Å². The van der Waals surface area contributed by atoms with E-state index in [9.17, 15) is 4.79 Å². The number of aryl methyl sites for hydroxylation is 1. The van der Waals surface area contributed by atoms with Crippen molar-refractivity contribution in [3.8, 4) is 11.3 Å². The zero-order chi connectivity index (χ0) is 24.9. The maximum Gasteiger partial charge on any atom is 0.236 e. The van der Waals surface area contributed by atoms with Crippen LogP contribution in [-0.4, -0.2) is 62.1 Å². The molecule has 186 valence electrons. The minimum atomic E-state index is 0.131. The third-order valence-corrected chi connectivity index (χ3v) is 8.63. The van der Waals surface area contributed by atoms with Crippen LogP contribution in [0.2, 0.25) is 0 Å². The van der Waals surface area contributed by atoms with Gasteiger partial charge in [0.2, 0.25) is 5.91 Å². The van der Waals surface area contributed by atoms with E-state index in [1.807, 2.05) is 4.52 Å². The second-order valence-corrected chi connectivity index (χ2v) is 11.4. The molecule has 5 rings (SSSR count). The lowest BCUT2D eigenvalue weighted by Crippen LogP contribution is -2.40. The monoisotopic (exact) mass is 493 g/mol. The van der Waals surface area contributed by atoms with E-state index in [4.69, 9.17) is 4.98 Å². The van der Waals surface area contributed by atoms with Crippen LogP contribution in [0, 0.1) is 13.8 Å². The Morgan fingerprint density at radius 1 is 1.23 bits per heavy atom. The summed E-state index contributed by atoms with van der Waals surface area (Å²) in [5.74, 6) is 0.961. The molecule has 35 heavy (non-hydrogen) atoms. The molecule has 1 aliphatic carbocycles. The summed E-state index contributed by atoms with van der Waals surface area (Å²) in [4.78, 5) is 28.0. The van der Waals surface area contributed by atoms with Crippen LogP contribution in [0.4, 0.5) is 0 Å². The molecular weight excluding hydrogens is 458 g/mol. The molecule has 0 spiro atoms. The average Bonchev–Trinajstić information content (AvgIpc) is 3.54. The predicted octanol–water partition coefficient (Wildman–Crippen LogP) is 4.78. The number of aromatic nitrogens is 5. The van der Waals surface area contributed by atoms with Gasteiger partial charge in [-0.25, -0.2) is 14.5 Å². The Balaban J connectivity index is 1.40. The van der Waals surface area contributed by atoms with Gasteiger partial charge in [0.15, 0.2) is 5.65 Å². The molecule has 0 bridgehead atoms. The van der Waals surface area contributed by atoms with Gasteiger partial charge >= 0.3 is 0 Å². The number of pyridine rings is 1. The summed E-state index contributed by atoms with van der Waals surface area (Å²) < 4.78 is 1.87. The SMILES string of the molecule is Cc1c(-c2[nH]c3sc(C4CCC(NCC(=O)N(C)C)CC4)nc3c2C(C)C)cn2ncnc2c1C. The first-order valence-corrected chi connectivity index (χ1v) is 13.3. The molecule has 0 aromatic carbocycles. The summed E-state index contributed by atoms with van der Waals surface area (Å²) in [5.41, 5.74) is 7.98. The van der Waals surface area contributed by atoms with E-state index < -0.39 is 0 Å². The molecule has 2 N–H and O–H groups in total. The molecule has 0 radical (unpaired) electrons. The first kappa shape index (κ1) is 23.9. The molecule has 4 aromatic rings. The molecule has 0 atom stereocenters. The van der Waals surface area contributed by atoms with Crippen LogP contribution in [0.5, 0.6) is 0 Å². The van der Waals surface area contributed by atoms with Gasteiger partial charge in [0.1, 0.15) is 16.7 Å². The molecule has 1 aliphatic rings. The number of thiazole rings is 1. The quantitative estimate of drug-likeness (QED) is 0.403. The average molecular weight is 494 g/mol. The number of carbonyl (C=O) groups excluding carboxylic acids is 1. The molecule has 4 heterocycles. The van der Waals surface area contributed by atoms with Crippen molar-refractivity contribution >= 4 is 33.2 Å². The van der Waals surface area contributed by atoms with E-state index in [1.54, 1.807) is 36.7 Å². The van der Waals surface area contributed by atoms with E-state index in [2.05, 4.69) is 54.3 Å². The summed E-state index contributed by atoms with van der Waals surface area (Å²) in [6.45, 7) is 9.18. The van der Waals surface area contributed by atoms with Crippen LogP contribution < -0.4 is 5.32 Å². The molecule has 4 aromatic heterocycles. The van der Waals surface area contributed by atoms with Crippen molar-refractivity contribution < 1.29 is 4.79 Å². The summed E-state index contributed by atoms with van der Waals surface area (Å²) in [6.07, 6.45) is 8.07. The normalized spacial score (nSPS) is 18.7. The van der Waals surface area contributed by atoms with E-state index in [-0.39, 0.29) is 5.91 Å². The highest BCUT2D eigenvalue weighted by Crippen LogP contribution is 2.42. The highest BCUT2D eigenvalue weighted by molar-refractivity contribution is 7.18. The Morgan fingerprint density at radius 3 is 2.66 bits per heavy atom. The van der Waals surface area contributed by atoms with E-state index in [0.717, 1.165) is 58.5 Å². The largest absolute Gasteiger partial charge is 0.348 e. The number of hydrogen-bond acceptors (Lipinski definition) is 6. The maximum atomic E-state index is 11.9. The number of fused-ring (bicyclic) bond motifs is 2. The second-order valence-electron chi connectivity index (χ2n) is 10.3. The number of nitrogens with zero attached hydrogens (tertiary/aromatic N) is 5. The summed E-state index contributed by atoms with van der Waals surface area (Å²) in [7, 11) is 3.61. The van der Waals surface area contributed by atoms with Gasteiger partial charge in [-0.05, 0) is 56.6 Å². The van der Waals surface area contributed by atoms with Crippen molar-refractivity contribution in [3.63, 3.8) is 0 Å². The van der Waals surface area contributed by atoms with E-state index in [1.165, 1.54) is 16.1 Å². The molecule has 0 unspecified atom stereocenters. The minimum absolute atomic E-state index is 0.131. The number of hydrogen-bond donors (Lipinski definition) is 2. The standard InChI is InChI=1S/C26H35N7OS/c1-14(2)21-22(19-12-33-24(28-13-29-33)16(4)15(19)3)30-26-23(21)31-25(35-26)17-7-9-18(10-8-17)27-11-20(34)32(5)6/h12-14,17-18,27,30H,7-11H2,1-6H3. The number of carbonyl (C=O) groups is 1. The Bertz CT molecular complexity index is 1370. The fourth-order valence-corrected chi connectivity index (χ4v) is 6.39. The predicted molar refractivity (Wildman–Crippen MR) is 141 cm³/mol. The Morgan fingerprint density at radius 2 is 1.97 bits per heavy atom. The molecule has 1 saturated carbocycles. The van der Waals surface area contributed by atoms with E-state index in [0.29, 0.717) is 24.4 Å². The lowest BCUT2D eigenvalue weighted by Gasteiger charge is -2.28. The fourth-order valence-electron chi connectivity index (χ4n) is 5.24. The summed E-state index contributed by atoms with van der Waals surface area (Å²) in [6, 6.07) is 0.413. The number of rotatable bonds is 6. The topological polar surface area (TPSA) is 91.2 Å². The minimum Gasteiger partial charge on any atom is -0.348 e. The second kappa shape index (κ2) is 9.35. The lowest BCUT2D eigenvalue weighted by molar-refractivity contribution is -0.127. The maximum absolute atomic E-state index is 11.9. The van der Waals surface area contributed by atoms with Crippen molar-refractivity contribution in [2.24, 2.45) is 0 Å². The molecule has 9 heteroatoms. The van der Waals surface area contributed by atoms with Gasteiger partial charge in [-0.15, -0.1) is 11.3 Å². The summed E-state index contributed by atoms with van der Waals surface area (Å²) in [5, 5.41) is 9.07. The highest BCUT2D eigenvalue weighted by Gasteiger charge is 2.28. The van der Waals surface area contributed by atoms with Gasteiger partial charge in [-0.3, -0.25) is 4.79 Å². The number of amides is 1. The van der Waals surface area contributed by atoms with Gasteiger partial charge in [-0.2, -0.15) is 5.10 Å². The number of H-pyrrole nitrogens is 1. The molecule has 0 aliphatic heterocycles. The first-order chi connectivity index (χ1) is 16.7. The first-order valence-electron chi connectivity index (χ1n) is 12.5. The van der Waals surface area contributed by atoms with Crippen LogP contribution >= 0.6 is 11.3 Å². The van der Waals surface area contributed by atoms with Gasteiger partial charge in [0, 0.05) is 43.4 Å². The lowest BCUT2D eigenvalue weighted by atomic mass is 9.86. The van der Waals surface area contributed by atoms with Gasteiger partial charge in [0.05, 0.1) is 17.2 Å². The van der Waals surface area contributed by atoms with Gasteiger partial charge in [0.25, 0.3) is 0 Å². The fraction of sp³-hybridized carbons (Fsp3) is 0.538. The molecule has 1 fully saturated rings. The Labute approximate surface area is 210 Å². The zero-order valence-electron chi connectivity index (χ0n) is 21.5. The van der Waals surface area contributed by atoms with Crippen molar-refractivity contribution in [3.05, 3.63) is 34.2 Å². The molecule has 1 amide bonds. The number of aromatic amines is 1. The summed E-state index contributed by atoms with van der Waals surface area (Å²) >= 11 is 1.81. The van der Waals surface area contributed by atoms with Gasteiger partial charge in [-0.1, -0.05) is 13.8 Å². The van der Waals surface area contributed by atoms with Crippen LogP contribution in [0.15, 0.2) is 12.5 Å². The Kier molecular flexibility index (Phi) is 6.40. The third kappa shape index (κ3) is 4.36. The van der Waals surface area contributed by atoms with Crippen molar-refractivity contribution in [1.29, 1.82) is 0 Å². The highest BCUT2D eigenvalue weighted by atomic mass is 32.1. The van der Waals surface area contributed by atoms with E-state index >= 15 is 0 Å². The van der Waals surface area contributed by atoms with Crippen LogP contribution in [-0.2, 0) is 4.79 Å². The zero-order valence-corrected chi connectivity index (χ0v) is 22.3. The molecular formula is C26H35N7OS. The number of likely N-dealkylation sites (N-methyl/N-ethyl adjacent to an activating group) is 1. The molecule has 8 nitrogen and oxygen atoms in total. The van der Waals surface area contributed by atoms with Crippen molar-refractivity contribution in [1.82, 2.24) is 34.8 Å². The number of nitrogens with one attached hydrogen (secondary N) is 2. The van der Waals surface area contributed by atoms with Crippen LogP contribution in [0.25, 0.3) is 27.3 Å². The Hall–Kier alpha value is -2.78. The van der Waals surface area contributed by atoms with Crippen molar-refractivity contribution in [2.75, 3.05) is 20.6 Å². The third-order valence-electron chi connectivity index (χ3n) is 7.50. The van der Waals surface area contributed by atoms with Crippen LogP contribution in [0.3, 0.4) is 0 Å². The smallest absolute Gasteiger partial charge is 0.236 e. The van der Waals surface area contributed by atoms with Gasteiger partial charge < -0.3 is 15.2 Å². The molecule has 0 saturated heterocycles.